The minimum absolute atomic E-state index is 0.123. The van der Waals surface area contributed by atoms with Crippen LogP contribution in [0.3, 0.4) is 0 Å². The first-order chi connectivity index (χ1) is 6.84. The van der Waals surface area contributed by atoms with Crippen molar-refractivity contribution in [1.82, 2.24) is 5.32 Å². The highest BCUT2D eigenvalue weighted by Gasteiger charge is 2.19. The largest absolute Gasteiger partial charge is 0.297 e. The van der Waals surface area contributed by atoms with Gasteiger partial charge >= 0.3 is 0 Å². The van der Waals surface area contributed by atoms with Gasteiger partial charge < -0.3 is 0 Å². The van der Waals surface area contributed by atoms with Crippen LogP contribution >= 0.6 is 11.6 Å². The number of alkyl halides is 1. The second-order valence-corrected chi connectivity index (χ2v) is 4.39. The summed E-state index contributed by atoms with van der Waals surface area (Å²) in [5.74, 6) is 0.696. The van der Waals surface area contributed by atoms with Crippen molar-refractivity contribution in [2.24, 2.45) is 5.92 Å². The van der Waals surface area contributed by atoms with Gasteiger partial charge in [0.1, 0.15) is 0 Å². The average Bonchev–Trinajstić information content (AvgIpc) is 2.19. The van der Waals surface area contributed by atoms with E-state index in [0.717, 1.165) is 19.3 Å². The first-order valence-electron chi connectivity index (χ1n) is 5.10. The van der Waals surface area contributed by atoms with Gasteiger partial charge in [-0.3, -0.25) is 5.32 Å². The molecule has 1 N–H and O–H groups in total. The number of piperidine rings is 1. The van der Waals surface area contributed by atoms with Crippen LogP contribution in [-0.4, -0.2) is 5.50 Å². The van der Waals surface area contributed by atoms with E-state index in [-0.39, 0.29) is 5.50 Å². The van der Waals surface area contributed by atoms with Crippen molar-refractivity contribution >= 4 is 11.6 Å². The molecule has 0 amide bonds. The molecule has 1 fully saturated rings. The van der Waals surface area contributed by atoms with Crippen LogP contribution in [0.25, 0.3) is 0 Å². The Morgan fingerprint density at radius 1 is 1.29 bits per heavy atom. The molecule has 0 spiro atoms. The fraction of sp³-hybridized carbons (Fsp3) is 0.417. The van der Waals surface area contributed by atoms with E-state index < -0.39 is 0 Å². The predicted octanol–water partition coefficient (Wildman–Crippen LogP) is 2.96. The lowest BCUT2D eigenvalue weighted by atomic mass is 9.91. The number of rotatable bonds is 2. The van der Waals surface area contributed by atoms with Crippen LogP contribution in [0.1, 0.15) is 18.4 Å². The normalized spacial score (nSPS) is 27.5. The van der Waals surface area contributed by atoms with Crippen LogP contribution in [0.4, 0.5) is 0 Å². The molecule has 1 aliphatic rings. The summed E-state index contributed by atoms with van der Waals surface area (Å²) in [5.41, 5.74) is 1.54. The van der Waals surface area contributed by atoms with Crippen molar-refractivity contribution in [2.45, 2.75) is 24.8 Å². The summed E-state index contributed by atoms with van der Waals surface area (Å²) in [7, 11) is 0. The van der Waals surface area contributed by atoms with Gasteiger partial charge in [-0.2, -0.15) is 0 Å². The van der Waals surface area contributed by atoms with Crippen LogP contribution in [0.15, 0.2) is 30.3 Å². The molecule has 2 heteroatoms. The predicted molar refractivity (Wildman–Crippen MR) is 59.9 cm³/mol. The maximum absolute atomic E-state index is 6.04. The molecule has 0 aliphatic carbocycles. The van der Waals surface area contributed by atoms with Crippen molar-refractivity contribution in [2.75, 3.05) is 0 Å². The fourth-order valence-electron chi connectivity index (χ4n) is 1.93. The number of nitrogens with one attached hydrogen (secondary N) is 1. The monoisotopic (exact) mass is 208 g/mol. The molecule has 2 unspecified atom stereocenters. The van der Waals surface area contributed by atoms with Gasteiger partial charge in [0.05, 0.1) is 5.50 Å². The maximum atomic E-state index is 6.04. The Balaban J connectivity index is 1.91. The fourth-order valence-corrected chi connectivity index (χ4v) is 2.27. The number of hydrogen-bond donors (Lipinski definition) is 1. The van der Waals surface area contributed by atoms with Crippen molar-refractivity contribution in [3.05, 3.63) is 42.4 Å². The molecule has 2 rings (SSSR count). The molecule has 1 aromatic rings. The molecule has 1 aromatic carbocycles. The molecule has 14 heavy (non-hydrogen) atoms. The third-order valence-corrected chi connectivity index (χ3v) is 2.96. The van der Waals surface area contributed by atoms with Gasteiger partial charge in [-0.1, -0.05) is 30.3 Å². The Bertz CT molecular complexity index is 273. The van der Waals surface area contributed by atoms with E-state index in [1.54, 1.807) is 0 Å². The Morgan fingerprint density at radius 3 is 2.79 bits per heavy atom. The van der Waals surface area contributed by atoms with Gasteiger partial charge in [0.25, 0.3) is 0 Å². The van der Waals surface area contributed by atoms with Crippen molar-refractivity contribution in [1.29, 1.82) is 0 Å². The summed E-state index contributed by atoms with van der Waals surface area (Å²) < 4.78 is 0. The Morgan fingerprint density at radius 2 is 2.07 bits per heavy atom. The topological polar surface area (TPSA) is 12.0 Å². The zero-order chi connectivity index (χ0) is 9.80. The number of benzene rings is 1. The van der Waals surface area contributed by atoms with Gasteiger partial charge in [-0.15, -0.1) is 11.6 Å². The van der Waals surface area contributed by atoms with Crippen molar-refractivity contribution < 1.29 is 0 Å². The van der Waals surface area contributed by atoms with Crippen molar-refractivity contribution in [3.8, 4) is 0 Å². The lowest BCUT2D eigenvalue weighted by Crippen LogP contribution is -2.31. The third kappa shape index (κ3) is 2.73. The molecule has 1 radical (unpaired) electrons. The highest BCUT2D eigenvalue weighted by molar-refractivity contribution is 6.20. The van der Waals surface area contributed by atoms with E-state index in [1.807, 2.05) is 0 Å². The van der Waals surface area contributed by atoms with Crippen LogP contribution < -0.4 is 5.32 Å². The summed E-state index contributed by atoms with van der Waals surface area (Å²) in [6, 6.07) is 10.6. The van der Waals surface area contributed by atoms with Crippen LogP contribution in [0.5, 0.6) is 0 Å². The lowest BCUT2D eigenvalue weighted by molar-refractivity contribution is 0.388. The smallest absolute Gasteiger partial charge is 0.0830 e. The van der Waals surface area contributed by atoms with E-state index in [2.05, 4.69) is 42.2 Å². The first-order valence-corrected chi connectivity index (χ1v) is 5.54. The molecule has 0 bridgehead atoms. The first kappa shape index (κ1) is 10.0. The minimum atomic E-state index is 0.123. The van der Waals surface area contributed by atoms with E-state index in [4.69, 9.17) is 11.6 Å². The third-order valence-electron chi connectivity index (χ3n) is 2.66. The van der Waals surface area contributed by atoms with E-state index in [1.165, 1.54) is 5.56 Å². The second-order valence-electron chi connectivity index (χ2n) is 3.87. The molecule has 1 saturated heterocycles. The van der Waals surface area contributed by atoms with E-state index in [9.17, 15) is 0 Å². The standard InChI is InChI=1S/C12H15ClN/c13-12-9-11(6-7-14-12)8-10-4-2-1-3-5-10/h1-5,7,11-12,14H,6,8-9H2. The van der Waals surface area contributed by atoms with Gasteiger partial charge in [0.2, 0.25) is 0 Å². The molecule has 0 aromatic heterocycles. The molecular formula is C12H15ClN. The molecule has 75 valence electrons. The summed E-state index contributed by atoms with van der Waals surface area (Å²) in [6.45, 7) is 2.09. The Labute approximate surface area is 90.5 Å². The molecular weight excluding hydrogens is 194 g/mol. The summed E-state index contributed by atoms with van der Waals surface area (Å²) >= 11 is 6.04. The highest BCUT2D eigenvalue weighted by atomic mass is 35.5. The molecule has 1 aliphatic heterocycles. The zero-order valence-corrected chi connectivity index (χ0v) is 8.87. The summed E-state index contributed by atoms with van der Waals surface area (Å²) in [5, 5.41) is 3.14. The molecule has 1 nitrogen and oxygen atoms in total. The SMILES string of the molecule is ClC1CC(Cc2ccccc2)C[CH]N1. The van der Waals surface area contributed by atoms with Gasteiger partial charge in [-0.05, 0) is 30.7 Å². The minimum Gasteiger partial charge on any atom is -0.297 e. The maximum Gasteiger partial charge on any atom is 0.0830 e. The summed E-state index contributed by atoms with van der Waals surface area (Å²) in [6.07, 6.45) is 3.33. The Kier molecular flexibility index (Phi) is 3.44. The van der Waals surface area contributed by atoms with E-state index in [0.29, 0.717) is 5.92 Å². The second kappa shape index (κ2) is 4.81. The number of halogens is 1. The molecule has 0 saturated carbocycles. The lowest BCUT2D eigenvalue weighted by Gasteiger charge is -2.26. The van der Waals surface area contributed by atoms with E-state index >= 15 is 0 Å². The highest BCUT2D eigenvalue weighted by Crippen LogP contribution is 2.23. The zero-order valence-electron chi connectivity index (χ0n) is 8.12. The van der Waals surface area contributed by atoms with Crippen molar-refractivity contribution in [3.63, 3.8) is 0 Å². The van der Waals surface area contributed by atoms with Gasteiger partial charge in [0.15, 0.2) is 0 Å². The quantitative estimate of drug-likeness (QED) is 0.582. The van der Waals surface area contributed by atoms with Crippen LogP contribution in [0, 0.1) is 12.5 Å². The molecule has 2 atom stereocenters. The average molecular weight is 209 g/mol. The van der Waals surface area contributed by atoms with Gasteiger partial charge in [-0.25, -0.2) is 0 Å². The summed E-state index contributed by atoms with van der Waals surface area (Å²) in [4.78, 5) is 0. The number of hydrogen-bond acceptors (Lipinski definition) is 1. The Hall–Kier alpha value is -0.530. The van der Waals surface area contributed by atoms with Crippen LogP contribution in [0.2, 0.25) is 0 Å². The molecule has 1 heterocycles. The van der Waals surface area contributed by atoms with Crippen LogP contribution in [-0.2, 0) is 6.42 Å². The van der Waals surface area contributed by atoms with Gasteiger partial charge in [0, 0.05) is 6.54 Å².